The number of piperidine rings is 1. The number of nitrogens with one attached hydrogen (secondary N) is 1. The largest absolute Gasteiger partial charge is 0.350 e. The number of amides is 2. The van der Waals surface area contributed by atoms with Gasteiger partial charge < -0.3 is 10.2 Å². The van der Waals surface area contributed by atoms with Crippen molar-refractivity contribution in [1.29, 1.82) is 0 Å². The first-order valence-corrected chi connectivity index (χ1v) is 13.9. The number of anilines is 1. The van der Waals surface area contributed by atoms with Gasteiger partial charge in [0.25, 0.3) is 0 Å². The first-order valence-electron chi connectivity index (χ1n) is 12.5. The van der Waals surface area contributed by atoms with E-state index in [1.165, 1.54) is 4.31 Å². The van der Waals surface area contributed by atoms with Crippen LogP contribution in [0.15, 0.2) is 47.5 Å². The lowest BCUT2D eigenvalue weighted by atomic mass is 9.84. The van der Waals surface area contributed by atoms with Crippen LogP contribution in [0.4, 0.5) is 5.69 Å². The Morgan fingerprint density at radius 2 is 1.83 bits per heavy atom. The molecule has 0 unspecified atom stereocenters. The number of nitrogens with zero attached hydrogens (tertiary/aromatic N) is 3. The molecule has 186 valence electrons. The number of pyridine rings is 1. The average Bonchev–Trinajstić information content (AvgIpc) is 3.17. The van der Waals surface area contributed by atoms with E-state index >= 15 is 0 Å². The summed E-state index contributed by atoms with van der Waals surface area (Å²) in [7, 11) is -3.66. The van der Waals surface area contributed by atoms with Crippen molar-refractivity contribution < 1.29 is 18.0 Å². The van der Waals surface area contributed by atoms with Gasteiger partial charge in [-0.15, -0.1) is 0 Å². The Morgan fingerprint density at radius 1 is 1.06 bits per heavy atom. The van der Waals surface area contributed by atoms with Gasteiger partial charge in [-0.1, -0.05) is 12.5 Å². The second-order valence-electron chi connectivity index (χ2n) is 9.90. The molecule has 2 aromatic rings. The van der Waals surface area contributed by atoms with Gasteiger partial charge in [0.1, 0.15) is 0 Å². The molecule has 2 amide bonds. The summed E-state index contributed by atoms with van der Waals surface area (Å²) in [6.45, 7) is 3.01. The molecule has 1 aliphatic carbocycles. The molecule has 1 aromatic heterocycles. The van der Waals surface area contributed by atoms with Gasteiger partial charge >= 0.3 is 0 Å². The van der Waals surface area contributed by atoms with E-state index in [4.69, 9.17) is 0 Å². The minimum atomic E-state index is -3.66. The molecule has 3 heterocycles. The predicted molar refractivity (Wildman–Crippen MR) is 132 cm³/mol. The van der Waals surface area contributed by atoms with E-state index in [0.717, 1.165) is 36.2 Å². The Labute approximate surface area is 206 Å². The lowest BCUT2D eigenvalue weighted by Crippen LogP contribution is -2.43. The Hall–Kier alpha value is -2.78. The quantitative estimate of drug-likeness (QED) is 0.663. The molecular weight excluding hydrogens is 464 g/mol. The van der Waals surface area contributed by atoms with Crippen LogP contribution in [0.2, 0.25) is 0 Å². The van der Waals surface area contributed by atoms with E-state index in [2.05, 4.69) is 10.3 Å². The average molecular weight is 497 g/mol. The highest BCUT2D eigenvalue weighted by Gasteiger charge is 2.38. The van der Waals surface area contributed by atoms with Gasteiger partial charge in [-0.05, 0) is 74.9 Å². The Balaban J connectivity index is 1.22. The summed E-state index contributed by atoms with van der Waals surface area (Å²) in [5.41, 5.74) is 2.55. The van der Waals surface area contributed by atoms with E-state index in [0.29, 0.717) is 38.9 Å². The summed E-state index contributed by atoms with van der Waals surface area (Å²) in [5, 5.41) is 2.91. The first-order chi connectivity index (χ1) is 16.8. The summed E-state index contributed by atoms with van der Waals surface area (Å²) in [5.74, 6) is 0.00307. The fraction of sp³-hybridized carbons (Fsp3) is 0.500. The van der Waals surface area contributed by atoms with Crippen LogP contribution in [0, 0.1) is 11.8 Å². The van der Waals surface area contributed by atoms with Gasteiger partial charge in [-0.2, -0.15) is 4.31 Å². The topological polar surface area (TPSA) is 99.7 Å². The second-order valence-corrected chi connectivity index (χ2v) is 11.8. The minimum Gasteiger partial charge on any atom is -0.350 e. The highest BCUT2D eigenvalue weighted by atomic mass is 32.2. The molecule has 8 nitrogen and oxygen atoms in total. The van der Waals surface area contributed by atoms with Crippen LogP contribution in [0.5, 0.6) is 0 Å². The van der Waals surface area contributed by atoms with Gasteiger partial charge in [0.15, 0.2) is 0 Å². The van der Waals surface area contributed by atoms with Gasteiger partial charge in [0, 0.05) is 42.9 Å². The van der Waals surface area contributed by atoms with Crippen LogP contribution in [0.1, 0.15) is 50.3 Å². The fourth-order valence-corrected chi connectivity index (χ4v) is 6.81. The summed E-state index contributed by atoms with van der Waals surface area (Å²) in [6.07, 6.45) is 6.31. The number of aromatic nitrogens is 1. The zero-order chi connectivity index (χ0) is 24.6. The van der Waals surface area contributed by atoms with Crippen molar-refractivity contribution in [3.8, 4) is 0 Å². The number of rotatable bonds is 6. The maximum absolute atomic E-state index is 13.4. The number of hydrogen-bond donors (Lipinski definition) is 1. The third-order valence-electron chi connectivity index (χ3n) is 7.59. The van der Waals surface area contributed by atoms with Crippen LogP contribution in [-0.2, 0) is 32.6 Å². The van der Waals surface area contributed by atoms with Crippen LogP contribution >= 0.6 is 0 Å². The maximum atomic E-state index is 13.4. The van der Waals surface area contributed by atoms with Crippen LogP contribution in [-0.4, -0.2) is 48.7 Å². The predicted octanol–water partition coefficient (Wildman–Crippen LogP) is 2.88. The number of sulfonamides is 1. The van der Waals surface area contributed by atoms with Gasteiger partial charge in [-0.25, -0.2) is 8.42 Å². The van der Waals surface area contributed by atoms with E-state index in [1.807, 2.05) is 30.0 Å². The SMILES string of the molecule is C[C@@H]1Cc2cc(S(=O)(=O)N3CCC(C(=O)NCc4ccccn4)CC3)ccc2N1C(=O)C1CCC1. The summed E-state index contributed by atoms with van der Waals surface area (Å²) in [6, 6.07) is 10.8. The van der Waals surface area contributed by atoms with Crippen molar-refractivity contribution in [2.24, 2.45) is 11.8 Å². The van der Waals surface area contributed by atoms with Crippen molar-refractivity contribution in [3.63, 3.8) is 0 Å². The van der Waals surface area contributed by atoms with Crippen LogP contribution in [0.3, 0.4) is 0 Å². The molecule has 1 saturated carbocycles. The molecule has 1 atom stereocenters. The monoisotopic (exact) mass is 496 g/mol. The van der Waals surface area contributed by atoms with E-state index in [-0.39, 0.29) is 34.6 Å². The molecule has 5 rings (SSSR count). The molecule has 3 aliphatic rings. The van der Waals surface area contributed by atoms with Crippen molar-refractivity contribution >= 4 is 27.5 Å². The third kappa shape index (κ3) is 4.71. The molecule has 2 aliphatic heterocycles. The number of carbonyl (C=O) groups is 2. The molecule has 9 heteroatoms. The van der Waals surface area contributed by atoms with E-state index in [9.17, 15) is 18.0 Å². The Kier molecular flexibility index (Phi) is 6.63. The van der Waals surface area contributed by atoms with Gasteiger partial charge in [0.2, 0.25) is 21.8 Å². The van der Waals surface area contributed by atoms with E-state index < -0.39 is 10.0 Å². The van der Waals surface area contributed by atoms with Crippen molar-refractivity contribution in [2.45, 2.75) is 62.9 Å². The van der Waals surface area contributed by atoms with Gasteiger partial charge in [0.05, 0.1) is 17.1 Å². The maximum Gasteiger partial charge on any atom is 0.243 e. The summed E-state index contributed by atoms with van der Waals surface area (Å²) >= 11 is 0. The number of fused-ring (bicyclic) bond motifs is 1. The Morgan fingerprint density at radius 3 is 2.49 bits per heavy atom. The molecule has 1 aromatic carbocycles. The number of benzene rings is 1. The lowest BCUT2D eigenvalue weighted by Gasteiger charge is -2.32. The molecule has 2 fully saturated rings. The Bertz CT molecular complexity index is 1210. The van der Waals surface area contributed by atoms with Crippen molar-refractivity contribution in [3.05, 3.63) is 53.9 Å². The molecule has 0 bridgehead atoms. The lowest BCUT2D eigenvalue weighted by molar-refractivity contribution is -0.126. The smallest absolute Gasteiger partial charge is 0.243 e. The zero-order valence-corrected chi connectivity index (χ0v) is 20.8. The van der Waals surface area contributed by atoms with Crippen LogP contribution in [0.25, 0.3) is 0 Å². The third-order valence-corrected chi connectivity index (χ3v) is 9.49. The first kappa shape index (κ1) is 23.9. The summed E-state index contributed by atoms with van der Waals surface area (Å²) < 4.78 is 28.2. The molecule has 0 spiro atoms. The van der Waals surface area contributed by atoms with Crippen molar-refractivity contribution in [1.82, 2.24) is 14.6 Å². The molecule has 1 N–H and O–H groups in total. The van der Waals surface area contributed by atoms with Crippen molar-refractivity contribution in [2.75, 3.05) is 18.0 Å². The van der Waals surface area contributed by atoms with E-state index in [1.54, 1.807) is 24.4 Å². The molecule has 0 radical (unpaired) electrons. The molecule has 35 heavy (non-hydrogen) atoms. The van der Waals surface area contributed by atoms with Gasteiger partial charge in [-0.3, -0.25) is 14.6 Å². The zero-order valence-electron chi connectivity index (χ0n) is 20.0. The number of carbonyl (C=O) groups excluding carboxylic acids is 2. The van der Waals surface area contributed by atoms with Crippen LogP contribution < -0.4 is 10.2 Å². The highest BCUT2D eigenvalue weighted by Crippen LogP contribution is 2.38. The highest BCUT2D eigenvalue weighted by molar-refractivity contribution is 7.89. The molecular formula is C26H32N4O4S. The standard InChI is InChI=1S/C26H32N4O4S/c1-18-15-21-16-23(8-9-24(21)30(18)26(32)20-5-4-6-20)35(33,34)29-13-10-19(11-14-29)25(31)28-17-22-7-2-3-12-27-22/h2-3,7-9,12,16,18-20H,4-6,10-11,13-15,17H2,1H3,(H,28,31)/t18-/m1/s1. The number of hydrogen-bond acceptors (Lipinski definition) is 5. The summed E-state index contributed by atoms with van der Waals surface area (Å²) in [4.78, 5) is 31.8. The normalized spacial score (nSPS) is 21.4. The molecule has 1 saturated heterocycles. The minimum absolute atomic E-state index is 0.0383. The second kappa shape index (κ2) is 9.70. The fourth-order valence-electron chi connectivity index (χ4n) is 5.29.